The van der Waals surface area contributed by atoms with Crippen LogP contribution in [-0.4, -0.2) is 6.54 Å². The number of hydrogen-bond acceptors (Lipinski definition) is 2. The van der Waals surface area contributed by atoms with Gasteiger partial charge in [0, 0.05) is 0 Å². The monoisotopic (exact) mass is 255 g/mol. The van der Waals surface area contributed by atoms with Crippen molar-refractivity contribution in [3.63, 3.8) is 0 Å². The first kappa shape index (κ1) is 13.6. The van der Waals surface area contributed by atoms with Gasteiger partial charge in [0.1, 0.15) is 12.4 Å². The minimum atomic E-state index is 0.611. The van der Waals surface area contributed by atoms with Crippen LogP contribution in [0.4, 0.5) is 0 Å². The molecule has 2 N–H and O–H groups in total. The van der Waals surface area contributed by atoms with Crippen molar-refractivity contribution in [1.29, 1.82) is 0 Å². The molecule has 0 radical (unpaired) electrons. The zero-order valence-corrected chi connectivity index (χ0v) is 11.6. The molecule has 2 aromatic rings. The molecule has 2 heteroatoms. The van der Waals surface area contributed by atoms with Gasteiger partial charge in [-0.3, -0.25) is 0 Å². The maximum Gasteiger partial charge on any atom is 0.120 e. The Labute approximate surface area is 115 Å². The molecule has 0 fully saturated rings. The number of aryl methyl sites for hydroxylation is 2. The highest BCUT2D eigenvalue weighted by Gasteiger charge is 2.01. The maximum atomic E-state index is 5.87. The lowest BCUT2D eigenvalue weighted by Crippen LogP contribution is -2.03. The van der Waals surface area contributed by atoms with E-state index in [1.165, 1.54) is 22.3 Å². The quantitative estimate of drug-likeness (QED) is 0.889. The summed E-state index contributed by atoms with van der Waals surface area (Å²) in [5.74, 6) is 0.909. The van der Waals surface area contributed by atoms with Crippen molar-refractivity contribution in [2.45, 2.75) is 26.9 Å². The molecule has 0 aliphatic carbocycles. The highest BCUT2D eigenvalue weighted by Crippen LogP contribution is 2.17. The van der Waals surface area contributed by atoms with Gasteiger partial charge in [-0.05, 0) is 55.6 Å². The number of hydrogen-bond donors (Lipinski definition) is 1. The normalized spacial score (nSPS) is 10.5. The molecular weight excluding hydrogens is 234 g/mol. The fourth-order valence-electron chi connectivity index (χ4n) is 2.07. The van der Waals surface area contributed by atoms with Gasteiger partial charge in [-0.1, -0.05) is 35.9 Å². The minimum absolute atomic E-state index is 0.611. The van der Waals surface area contributed by atoms with Crippen LogP contribution < -0.4 is 10.5 Å². The Morgan fingerprint density at radius 1 is 1.05 bits per heavy atom. The summed E-state index contributed by atoms with van der Waals surface area (Å²) in [7, 11) is 0. The molecule has 2 aromatic carbocycles. The van der Waals surface area contributed by atoms with Crippen LogP contribution in [0.2, 0.25) is 0 Å². The van der Waals surface area contributed by atoms with Gasteiger partial charge >= 0.3 is 0 Å². The van der Waals surface area contributed by atoms with E-state index in [1.54, 1.807) is 0 Å². The van der Waals surface area contributed by atoms with Crippen molar-refractivity contribution in [3.05, 3.63) is 64.7 Å². The second-order valence-electron chi connectivity index (χ2n) is 4.90. The van der Waals surface area contributed by atoms with Crippen LogP contribution in [0, 0.1) is 13.8 Å². The molecule has 0 aliphatic rings. The predicted molar refractivity (Wildman–Crippen MR) is 79.4 cm³/mol. The predicted octanol–water partition coefficient (Wildman–Crippen LogP) is 3.38. The number of benzene rings is 2. The smallest absolute Gasteiger partial charge is 0.120 e. The van der Waals surface area contributed by atoms with Gasteiger partial charge in [0.15, 0.2) is 0 Å². The number of rotatable bonds is 5. The van der Waals surface area contributed by atoms with Gasteiger partial charge in [-0.2, -0.15) is 0 Å². The zero-order chi connectivity index (χ0) is 13.7. The second kappa shape index (κ2) is 6.39. The Hall–Kier alpha value is -1.80. The van der Waals surface area contributed by atoms with E-state index >= 15 is 0 Å². The van der Waals surface area contributed by atoms with E-state index in [-0.39, 0.29) is 0 Å². The molecule has 0 unspecified atom stereocenters. The van der Waals surface area contributed by atoms with Gasteiger partial charge in [0.2, 0.25) is 0 Å². The molecule has 0 aromatic heterocycles. The fraction of sp³-hybridized carbons (Fsp3) is 0.294. The topological polar surface area (TPSA) is 35.2 Å². The molecule has 19 heavy (non-hydrogen) atoms. The largest absolute Gasteiger partial charge is 0.489 e. The molecule has 0 amide bonds. The standard InChI is InChI=1S/C17H21NO/c1-13-6-7-14(2)16(10-13)12-19-17-5-3-4-15(11-17)8-9-18/h3-7,10-11H,8-9,12,18H2,1-2H3. The average molecular weight is 255 g/mol. The Bertz CT molecular complexity index is 549. The van der Waals surface area contributed by atoms with E-state index in [0.717, 1.165) is 12.2 Å². The van der Waals surface area contributed by atoms with Crippen LogP contribution in [0.1, 0.15) is 22.3 Å². The third-order valence-electron chi connectivity index (χ3n) is 3.23. The van der Waals surface area contributed by atoms with Crippen LogP contribution in [0.15, 0.2) is 42.5 Å². The molecule has 2 nitrogen and oxygen atoms in total. The van der Waals surface area contributed by atoms with E-state index in [2.05, 4.69) is 44.2 Å². The molecule has 2 rings (SSSR count). The summed E-state index contributed by atoms with van der Waals surface area (Å²) in [6.07, 6.45) is 0.890. The molecule has 100 valence electrons. The average Bonchev–Trinajstić information content (AvgIpc) is 2.41. The summed E-state index contributed by atoms with van der Waals surface area (Å²) in [6, 6.07) is 14.6. The van der Waals surface area contributed by atoms with Crippen molar-refractivity contribution < 1.29 is 4.74 Å². The van der Waals surface area contributed by atoms with Crippen LogP contribution in [0.3, 0.4) is 0 Å². The molecule has 0 heterocycles. The summed E-state index contributed by atoms with van der Waals surface area (Å²) in [5, 5.41) is 0. The SMILES string of the molecule is Cc1ccc(C)c(COc2cccc(CCN)c2)c1. The van der Waals surface area contributed by atoms with Crippen LogP contribution in [0.5, 0.6) is 5.75 Å². The Morgan fingerprint density at radius 3 is 2.68 bits per heavy atom. The van der Waals surface area contributed by atoms with Gasteiger partial charge < -0.3 is 10.5 Å². The van der Waals surface area contributed by atoms with Crippen molar-refractivity contribution in [1.82, 2.24) is 0 Å². The van der Waals surface area contributed by atoms with Crippen molar-refractivity contribution in [3.8, 4) is 5.75 Å². The Morgan fingerprint density at radius 2 is 1.89 bits per heavy atom. The molecular formula is C17H21NO. The maximum absolute atomic E-state index is 5.87. The summed E-state index contributed by atoms with van der Waals surface area (Å²) in [5.41, 5.74) is 10.6. The lowest BCUT2D eigenvalue weighted by Gasteiger charge is -2.10. The summed E-state index contributed by atoms with van der Waals surface area (Å²) >= 11 is 0. The second-order valence-corrected chi connectivity index (χ2v) is 4.90. The first-order valence-corrected chi connectivity index (χ1v) is 6.67. The lowest BCUT2D eigenvalue weighted by atomic mass is 10.1. The molecule has 0 atom stereocenters. The number of ether oxygens (including phenoxy) is 1. The summed E-state index contributed by atoms with van der Waals surface area (Å²) in [4.78, 5) is 0. The summed E-state index contributed by atoms with van der Waals surface area (Å²) in [6.45, 7) is 5.49. The van der Waals surface area contributed by atoms with E-state index in [9.17, 15) is 0 Å². The van der Waals surface area contributed by atoms with E-state index in [4.69, 9.17) is 10.5 Å². The first-order chi connectivity index (χ1) is 9.19. The molecule has 0 aliphatic heterocycles. The minimum Gasteiger partial charge on any atom is -0.489 e. The third kappa shape index (κ3) is 3.83. The highest BCUT2D eigenvalue weighted by atomic mass is 16.5. The highest BCUT2D eigenvalue weighted by molar-refractivity contribution is 5.32. The first-order valence-electron chi connectivity index (χ1n) is 6.67. The van der Waals surface area contributed by atoms with Crippen LogP contribution >= 0.6 is 0 Å². The van der Waals surface area contributed by atoms with Crippen LogP contribution in [0.25, 0.3) is 0 Å². The van der Waals surface area contributed by atoms with Crippen LogP contribution in [-0.2, 0) is 13.0 Å². The molecule has 0 saturated heterocycles. The van der Waals surface area contributed by atoms with Gasteiger partial charge in [0.25, 0.3) is 0 Å². The third-order valence-corrected chi connectivity index (χ3v) is 3.23. The summed E-state index contributed by atoms with van der Waals surface area (Å²) < 4.78 is 5.87. The van der Waals surface area contributed by atoms with Crippen molar-refractivity contribution in [2.75, 3.05) is 6.54 Å². The van der Waals surface area contributed by atoms with Gasteiger partial charge in [-0.15, -0.1) is 0 Å². The zero-order valence-electron chi connectivity index (χ0n) is 11.6. The molecule has 0 saturated carbocycles. The fourth-order valence-corrected chi connectivity index (χ4v) is 2.07. The Kier molecular flexibility index (Phi) is 4.58. The van der Waals surface area contributed by atoms with Crippen molar-refractivity contribution >= 4 is 0 Å². The Balaban J connectivity index is 2.05. The number of nitrogens with two attached hydrogens (primary N) is 1. The van der Waals surface area contributed by atoms with Gasteiger partial charge in [-0.25, -0.2) is 0 Å². The van der Waals surface area contributed by atoms with E-state index in [0.29, 0.717) is 13.2 Å². The molecule has 0 bridgehead atoms. The molecule has 0 spiro atoms. The van der Waals surface area contributed by atoms with E-state index in [1.807, 2.05) is 12.1 Å². The van der Waals surface area contributed by atoms with E-state index < -0.39 is 0 Å². The van der Waals surface area contributed by atoms with Gasteiger partial charge in [0.05, 0.1) is 0 Å². The van der Waals surface area contributed by atoms with Crippen molar-refractivity contribution in [2.24, 2.45) is 5.73 Å². The lowest BCUT2D eigenvalue weighted by molar-refractivity contribution is 0.305.